The molecule has 20 heavy (non-hydrogen) atoms. The van der Waals surface area contributed by atoms with E-state index in [-0.39, 0.29) is 0 Å². The highest BCUT2D eigenvalue weighted by Gasteiger charge is 2.27. The molecule has 0 aromatic carbocycles. The summed E-state index contributed by atoms with van der Waals surface area (Å²) in [5.41, 5.74) is 1.74. The predicted molar refractivity (Wildman–Crippen MR) is 87.4 cm³/mol. The zero-order valence-corrected chi connectivity index (χ0v) is 13.4. The third-order valence-corrected chi connectivity index (χ3v) is 4.42. The Balaban J connectivity index is 2.05. The minimum absolute atomic E-state index is 0.434. The maximum atomic E-state index is 4.36. The molecular formula is C17H29N3. The predicted octanol–water partition coefficient (Wildman–Crippen LogP) is 4.17. The van der Waals surface area contributed by atoms with Crippen LogP contribution in [0.3, 0.4) is 0 Å². The molecule has 1 saturated heterocycles. The smallest absolute Gasteiger partial charge is 0.127 e. The number of pyridine rings is 1. The number of rotatable bonds is 3. The second-order valence-electron chi connectivity index (χ2n) is 6.91. The summed E-state index contributed by atoms with van der Waals surface area (Å²) in [6.45, 7) is 12.5. The van der Waals surface area contributed by atoms with Crippen molar-refractivity contribution >= 4 is 11.5 Å². The van der Waals surface area contributed by atoms with E-state index in [9.17, 15) is 0 Å². The molecule has 3 nitrogen and oxygen atoms in total. The fraction of sp³-hybridized carbons (Fsp3) is 0.706. The van der Waals surface area contributed by atoms with Crippen molar-refractivity contribution in [3.63, 3.8) is 0 Å². The number of hydrogen-bond acceptors (Lipinski definition) is 3. The number of nitrogens with zero attached hydrogens (tertiary/aromatic N) is 2. The first-order valence-corrected chi connectivity index (χ1v) is 7.95. The van der Waals surface area contributed by atoms with E-state index in [0.717, 1.165) is 24.8 Å². The molecule has 1 aromatic rings. The summed E-state index contributed by atoms with van der Waals surface area (Å²) < 4.78 is 0. The second kappa shape index (κ2) is 6.47. The van der Waals surface area contributed by atoms with Gasteiger partial charge in [-0.1, -0.05) is 20.8 Å². The second-order valence-corrected chi connectivity index (χ2v) is 6.91. The molecule has 0 saturated carbocycles. The fourth-order valence-corrected chi connectivity index (χ4v) is 3.11. The minimum atomic E-state index is 0.434. The Morgan fingerprint density at radius 3 is 2.80 bits per heavy atom. The van der Waals surface area contributed by atoms with Crippen molar-refractivity contribution in [3.8, 4) is 0 Å². The van der Waals surface area contributed by atoms with Gasteiger partial charge < -0.3 is 10.2 Å². The highest BCUT2D eigenvalue weighted by Crippen LogP contribution is 2.35. The number of nitrogens with one attached hydrogen (secondary N) is 1. The summed E-state index contributed by atoms with van der Waals surface area (Å²) in [5, 5.41) is 3.30. The molecule has 1 aromatic heterocycles. The van der Waals surface area contributed by atoms with Crippen molar-refractivity contribution in [1.29, 1.82) is 0 Å². The minimum Gasteiger partial charge on any atom is -0.371 e. The Morgan fingerprint density at radius 1 is 1.30 bits per heavy atom. The third-order valence-electron chi connectivity index (χ3n) is 4.42. The molecule has 0 radical (unpaired) electrons. The van der Waals surface area contributed by atoms with E-state index < -0.39 is 0 Å². The van der Waals surface area contributed by atoms with E-state index in [4.69, 9.17) is 0 Å². The van der Waals surface area contributed by atoms with Gasteiger partial charge in [0.05, 0.1) is 0 Å². The lowest BCUT2D eigenvalue weighted by Gasteiger charge is -2.30. The molecule has 2 heterocycles. The molecule has 0 aliphatic carbocycles. The van der Waals surface area contributed by atoms with Crippen LogP contribution in [0.25, 0.3) is 0 Å². The van der Waals surface area contributed by atoms with Gasteiger partial charge in [-0.05, 0) is 43.6 Å². The van der Waals surface area contributed by atoms with Crippen LogP contribution in [0.2, 0.25) is 0 Å². The van der Waals surface area contributed by atoms with Gasteiger partial charge in [0, 0.05) is 37.6 Å². The molecule has 1 fully saturated rings. The van der Waals surface area contributed by atoms with Gasteiger partial charge in [-0.2, -0.15) is 0 Å². The zero-order valence-electron chi connectivity index (χ0n) is 13.4. The SMILES string of the molecule is CCNc1cc(N2CCCC(C(C)(C)C)CC2)ccn1. The average Bonchev–Trinajstić information content (AvgIpc) is 2.64. The van der Waals surface area contributed by atoms with Crippen LogP contribution in [-0.4, -0.2) is 24.6 Å². The van der Waals surface area contributed by atoms with Crippen LogP contribution in [0, 0.1) is 11.3 Å². The number of aromatic nitrogens is 1. The summed E-state index contributed by atoms with van der Waals surface area (Å²) in [7, 11) is 0. The van der Waals surface area contributed by atoms with Crippen molar-refractivity contribution in [3.05, 3.63) is 18.3 Å². The van der Waals surface area contributed by atoms with Gasteiger partial charge in [0.2, 0.25) is 0 Å². The molecule has 1 aliphatic heterocycles. The summed E-state index contributed by atoms with van der Waals surface area (Å²) in [6.07, 6.45) is 5.85. The molecule has 3 heteroatoms. The van der Waals surface area contributed by atoms with Gasteiger partial charge in [-0.3, -0.25) is 0 Å². The lowest BCUT2D eigenvalue weighted by atomic mass is 9.77. The molecule has 0 amide bonds. The van der Waals surface area contributed by atoms with Crippen molar-refractivity contribution < 1.29 is 0 Å². The highest BCUT2D eigenvalue weighted by atomic mass is 15.1. The average molecular weight is 275 g/mol. The molecule has 112 valence electrons. The van der Waals surface area contributed by atoms with Gasteiger partial charge >= 0.3 is 0 Å². The Bertz CT molecular complexity index is 422. The zero-order chi connectivity index (χ0) is 14.6. The van der Waals surface area contributed by atoms with Gasteiger partial charge in [-0.25, -0.2) is 4.98 Å². The fourth-order valence-electron chi connectivity index (χ4n) is 3.11. The van der Waals surface area contributed by atoms with E-state index in [2.05, 4.69) is 55.0 Å². The molecule has 1 aliphatic rings. The van der Waals surface area contributed by atoms with E-state index >= 15 is 0 Å². The van der Waals surface area contributed by atoms with Crippen LogP contribution >= 0.6 is 0 Å². The summed E-state index contributed by atoms with van der Waals surface area (Å²) in [4.78, 5) is 6.89. The van der Waals surface area contributed by atoms with E-state index in [1.807, 2.05) is 6.20 Å². The summed E-state index contributed by atoms with van der Waals surface area (Å²) in [6, 6.07) is 4.32. The van der Waals surface area contributed by atoms with Crippen molar-refractivity contribution in [1.82, 2.24) is 4.98 Å². The van der Waals surface area contributed by atoms with E-state index in [1.165, 1.54) is 31.5 Å². The Kier molecular flexibility index (Phi) is 4.90. The molecule has 0 spiro atoms. The lowest BCUT2D eigenvalue weighted by molar-refractivity contribution is 0.220. The van der Waals surface area contributed by atoms with Crippen molar-refractivity contribution in [2.24, 2.45) is 11.3 Å². The van der Waals surface area contributed by atoms with Crippen LogP contribution in [-0.2, 0) is 0 Å². The third kappa shape index (κ3) is 3.87. The van der Waals surface area contributed by atoms with Crippen LogP contribution in [0.1, 0.15) is 47.0 Å². The van der Waals surface area contributed by atoms with Crippen LogP contribution in [0.15, 0.2) is 18.3 Å². The first kappa shape index (κ1) is 15.1. The Morgan fingerprint density at radius 2 is 2.10 bits per heavy atom. The van der Waals surface area contributed by atoms with Crippen molar-refractivity contribution in [2.75, 3.05) is 29.9 Å². The summed E-state index contributed by atoms with van der Waals surface area (Å²) >= 11 is 0. The summed E-state index contributed by atoms with van der Waals surface area (Å²) in [5.74, 6) is 1.82. The maximum absolute atomic E-state index is 4.36. The largest absolute Gasteiger partial charge is 0.371 e. The first-order chi connectivity index (χ1) is 9.50. The standard InChI is InChI=1S/C17H29N3/c1-5-18-16-13-15(8-10-19-16)20-11-6-7-14(9-12-20)17(2,3)4/h8,10,13-14H,5-7,9,11-12H2,1-4H3,(H,18,19). The normalized spacial score (nSPS) is 20.6. The van der Waals surface area contributed by atoms with Gasteiger partial charge in [0.15, 0.2) is 0 Å². The Hall–Kier alpha value is -1.25. The quantitative estimate of drug-likeness (QED) is 0.897. The molecule has 2 rings (SSSR count). The van der Waals surface area contributed by atoms with Gasteiger partial charge in [0.1, 0.15) is 5.82 Å². The lowest BCUT2D eigenvalue weighted by Crippen LogP contribution is -2.26. The first-order valence-electron chi connectivity index (χ1n) is 7.95. The van der Waals surface area contributed by atoms with E-state index in [1.54, 1.807) is 0 Å². The van der Waals surface area contributed by atoms with Gasteiger partial charge in [0.25, 0.3) is 0 Å². The monoisotopic (exact) mass is 275 g/mol. The van der Waals surface area contributed by atoms with E-state index in [0.29, 0.717) is 5.41 Å². The van der Waals surface area contributed by atoms with Gasteiger partial charge in [-0.15, -0.1) is 0 Å². The van der Waals surface area contributed by atoms with Crippen molar-refractivity contribution in [2.45, 2.75) is 47.0 Å². The molecule has 1 N–H and O–H groups in total. The molecule has 1 unspecified atom stereocenters. The van der Waals surface area contributed by atoms with Crippen LogP contribution in [0.5, 0.6) is 0 Å². The molecule has 0 bridgehead atoms. The molecule has 1 atom stereocenters. The Labute approximate surface area is 123 Å². The topological polar surface area (TPSA) is 28.2 Å². The van der Waals surface area contributed by atoms with Crippen LogP contribution < -0.4 is 10.2 Å². The highest BCUT2D eigenvalue weighted by molar-refractivity contribution is 5.53. The molecular weight excluding hydrogens is 246 g/mol. The number of hydrogen-bond donors (Lipinski definition) is 1. The maximum Gasteiger partial charge on any atom is 0.127 e. The number of anilines is 2. The van der Waals surface area contributed by atoms with Crippen LogP contribution in [0.4, 0.5) is 11.5 Å².